The van der Waals surface area contributed by atoms with Gasteiger partial charge in [0.05, 0.1) is 0 Å². The van der Waals surface area contributed by atoms with Crippen molar-refractivity contribution in [2.45, 2.75) is 20.4 Å². The van der Waals surface area contributed by atoms with E-state index in [0.29, 0.717) is 12.3 Å². The topological polar surface area (TPSA) is 35.5 Å². The summed E-state index contributed by atoms with van der Waals surface area (Å²) >= 11 is 3.40. The molecule has 1 rings (SSSR count). The van der Waals surface area contributed by atoms with Crippen LogP contribution in [-0.4, -0.2) is 36.2 Å². The SMILES string of the molecule is CCN(CC)CCNCc1cc(Br)ccc1O. The van der Waals surface area contributed by atoms with Crippen LogP contribution in [-0.2, 0) is 6.54 Å². The number of hydrogen-bond donors (Lipinski definition) is 2. The van der Waals surface area contributed by atoms with E-state index in [1.807, 2.05) is 12.1 Å². The Morgan fingerprint density at radius 1 is 1.29 bits per heavy atom. The number of nitrogens with zero attached hydrogens (tertiary/aromatic N) is 1. The van der Waals surface area contributed by atoms with Gasteiger partial charge in [0.15, 0.2) is 0 Å². The van der Waals surface area contributed by atoms with E-state index in [2.05, 4.69) is 40.0 Å². The largest absolute Gasteiger partial charge is 0.508 e. The fourth-order valence-corrected chi connectivity index (χ4v) is 2.10. The molecular formula is C13H21BrN2O. The molecule has 0 amide bonds. The van der Waals surface area contributed by atoms with E-state index >= 15 is 0 Å². The number of nitrogens with one attached hydrogen (secondary N) is 1. The monoisotopic (exact) mass is 300 g/mol. The highest BCUT2D eigenvalue weighted by atomic mass is 79.9. The lowest BCUT2D eigenvalue weighted by Crippen LogP contribution is -2.31. The van der Waals surface area contributed by atoms with Crippen LogP contribution in [0.5, 0.6) is 5.75 Å². The predicted molar refractivity (Wildman–Crippen MR) is 75.3 cm³/mol. The Kier molecular flexibility index (Phi) is 6.55. The van der Waals surface area contributed by atoms with Gasteiger partial charge in [0.2, 0.25) is 0 Å². The molecule has 1 aromatic rings. The highest BCUT2D eigenvalue weighted by Gasteiger charge is 2.02. The van der Waals surface area contributed by atoms with Crippen molar-refractivity contribution in [3.63, 3.8) is 0 Å². The first-order valence-corrected chi connectivity index (χ1v) is 6.87. The molecule has 0 unspecified atom stereocenters. The van der Waals surface area contributed by atoms with Gasteiger partial charge in [-0.2, -0.15) is 0 Å². The Morgan fingerprint density at radius 3 is 2.65 bits per heavy atom. The Balaban J connectivity index is 2.33. The van der Waals surface area contributed by atoms with E-state index in [1.165, 1.54) is 0 Å². The van der Waals surface area contributed by atoms with Gasteiger partial charge >= 0.3 is 0 Å². The molecule has 17 heavy (non-hydrogen) atoms. The lowest BCUT2D eigenvalue weighted by Gasteiger charge is -2.18. The van der Waals surface area contributed by atoms with Crippen LogP contribution in [0.15, 0.2) is 22.7 Å². The summed E-state index contributed by atoms with van der Waals surface area (Å²) in [5.41, 5.74) is 0.930. The average molecular weight is 301 g/mol. The van der Waals surface area contributed by atoms with Crippen molar-refractivity contribution >= 4 is 15.9 Å². The normalized spacial score (nSPS) is 11.1. The molecule has 0 atom stereocenters. The summed E-state index contributed by atoms with van der Waals surface area (Å²) in [5, 5.41) is 13.0. The summed E-state index contributed by atoms with van der Waals surface area (Å²) in [4.78, 5) is 2.37. The third kappa shape index (κ3) is 5.06. The molecule has 96 valence electrons. The maximum absolute atomic E-state index is 9.66. The zero-order valence-corrected chi connectivity index (χ0v) is 12.1. The molecule has 0 aliphatic rings. The van der Waals surface area contributed by atoms with Crippen LogP contribution in [0.1, 0.15) is 19.4 Å². The van der Waals surface area contributed by atoms with Crippen molar-refractivity contribution in [1.82, 2.24) is 10.2 Å². The first-order chi connectivity index (χ1) is 8.17. The Morgan fingerprint density at radius 2 is 2.00 bits per heavy atom. The lowest BCUT2D eigenvalue weighted by atomic mass is 10.2. The van der Waals surface area contributed by atoms with Crippen LogP contribution in [0, 0.1) is 0 Å². The number of hydrogen-bond acceptors (Lipinski definition) is 3. The van der Waals surface area contributed by atoms with Crippen molar-refractivity contribution in [2.24, 2.45) is 0 Å². The zero-order chi connectivity index (χ0) is 12.7. The molecule has 0 saturated carbocycles. The molecule has 3 nitrogen and oxygen atoms in total. The van der Waals surface area contributed by atoms with Gasteiger partial charge in [0.1, 0.15) is 5.75 Å². The summed E-state index contributed by atoms with van der Waals surface area (Å²) in [6.45, 7) is 9.19. The van der Waals surface area contributed by atoms with E-state index in [0.717, 1.165) is 36.2 Å². The average Bonchev–Trinajstić information content (AvgIpc) is 2.33. The molecule has 0 aromatic heterocycles. The second kappa shape index (κ2) is 7.69. The predicted octanol–water partition coefficient (Wildman–Crippen LogP) is 2.59. The van der Waals surface area contributed by atoms with Gasteiger partial charge in [-0.3, -0.25) is 0 Å². The number of phenolic OH excluding ortho intramolecular Hbond substituents is 1. The van der Waals surface area contributed by atoms with Crippen molar-refractivity contribution in [2.75, 3.05) is 26.2 Å². The van der Waals surface area contributed by atoms with Crippen molar-refractivity contribution in [1.29, 1.82) is 0 Å². The van der Waals surface area contributed by atoms with Gasteiger partial charge in [-0.25, -0.2) is 0 Å². The smallest absolute Gasteiger partial charge is 0.120 e. The highest BCUT2D eigenvalue weighted by molar-refractivity contribution is 9.10. The molecule has 0 aliphatic carbocycles. The number of benzene rings is 1. The molecule has 0 spiro atoms. The van der Waals surface area contributed by atoms with Crippen LogP contribution in [0.3, 0.4) is 0 Å². The molecule has 0 saturated heterocycles. The quantitative estimate of drug-likeness (QED) is 0.760. The number of aromatic hydroxyl groups is 1. The maximum atomic E-state index is 9.66. The minimum absolute atomic E-state index is 0.350. The molecule has 0 radical (unpaired) electrons. The number of likely N-dealkylation sites (N-methyl/N-ethyl adjacent to an activating group) is 1. The molecular weight excluding hydrogens is 280 g/mol. The molecule has 1 aromatic carbocycles. The summed E-state index contributed by atoms with van der Waals surface area (Å²) in [6.07, 6.45) is 0. The Hall–Kier alpha value is -0.580. The molecule has 4 heteroatoms. The summed E-state index contributed by atoms with van der Waals surface area (Å²) < 4.78 is 0.996. The number of halogens is 1. The third-order valence-electron chi connectivity index (χ3n) is 2.86. The van der Waals surface area contributed by atoms with Crippen molar-refractivity contribution in [3.05, 3.63) is 28.2 Å². The standard InChI is InChI=1S/C13H21BrN2O/c1-3-16(4-2)8-7-15-10-11-9-12(14)5-6-13(11)17/h5-6,9,15,17H,3-4,7-8,10H2,1-2H3. The minimum Gasteiger partial charge on any atom is -0.508 e. The van der Waals surface area contributed by atoms with E-state index in [4.69, 9.17) is 0 Å². The second-order valence-electron chi connectivity index (χ2n) is 3.98. The van der Waals surface area contributed by atoms with Gasteiger partial charge in [0, 0.05) is 29.7 Å². The lowest BCUT2D eigenvalue weighted by molar-refractivity contribution is 0.302. The Bertz CT molecular complexity index is 340. The molecule has 0 bridgehead atoms. The Labute approximate surface area is 112 Å². The van der Waals surface area contributed by atoms with Crippen molar-refractivity contribution < 1.29 is 5.11 Å². The molecule has 0 heterocycles. The van der Waals surface area contributed by atoms with Gasteiger partial charge in [0.25, 0.3) is 0 Å². The fourth-order valence-electron chi connectivity index (χ4n) is 1.70. The first kappa shape index (κ1) is 14.5. The summed E-state index contributed by atoms with van der Waals surface area (Å²) in [7, 11) is 0. The number of rotatable bonds is 7. The van der Waals surface area contributed by atoms with Gasteiger partial charge < -0.3 is 15.3 Å². The van der Waals surface area contributed by atoms with E-state index < -0.39 is 0 Å². The van der Waals surface area contributed by atoms with Crippen LogP contribution < -0.4 is 5.32 Å². The van der Waals surface area contributed by atoms with Gasteiger partial charge in [-0.05, 0) is 31.3 Å². The van der Waals surface area contributed by atoms with Crippen LogP contribution in [0.25, 0.3) is 0 Å². The molecule has 0 aliphatic heterocycles. The molecule has 2 N–H and O–H groups in total. The van der Waals surface area contributed by atoms with Crippen LogP contribution >= 0.6 is 15.9 Å². The van der Waals surface area contributed by atoms with Crippen LogP contribution in [0.4, 0.5) is 0 Å². The zero-order valence-electron chi connectivity index (χ0n) is 10.5. The maximum Gasteiger partial charge on any atom is 0.120 e. The van der Waals surface area contributed by atoms with Crippen LogP contribution in [0.2, 0.25) is 0 Å². The van der Waals surface area contributed by atoms with Gasteiger partial charge in [-0.1, -0.05) is 29.8 Å². The van der Waals surface area contributed by atoms with E-state index in [1.54, 1.807) is 6.07 Å². The fraction of sp³-hybridized carbons (Fsp3) is 0.538. The van der Waals surface area contributed by atoms with Gasteiger partial charge in [-0.15, -0.1) is 0 Å². The minimum atomic E-state index is 0.350. The summed E-state index contributed by atoms with van der Waals surface area (Å²) in [5.74, 6) is 0.350. The van der Waals surface area contributed by atoms with E-state index in [-0.39, 0.29) is 0 Å². The molecule has 0 fully saturated rings. The first-order valence-electron chi connectivity index (χ1n) is 6.07. The number of phenols is 1. The second-order valence-corrected chi connectivity index (χ2v) is 4.89. The highest BCUT2D eigenvalue weighted by Crippen LogP contribution is 2.21. The summed E-state index contributed by atoms with van der Waals surface area (Å²) in [6, 6.07) is 5.50. The van der Waals surface area contributed by atoms with Crippen molar-refractivity contribution in [3.8, 4) is 5.75 Å². The van der Waals surface area contributed by atoms with E-state index in [9.17, 15) is 5.11 Å². The third-order valence-corrected chi connectivity index (χ3v) is 3.35.